The number of aromatic nitrogens is 2. The Balaban J connectivity index is 1.58. The van der Waals surface area contributed by atoms with Gasteiger partial charge in [0.15, 0.2) is 12.4 Å². The molecule has 0 saturated carbocycles. The van der Waals surface area contributed by atoms with Gasteiger partial charge in [-0.25, -0.2) is 13.1 Å². The summed E-state index contributed by atoms with van der Waals surface area (Å²) >= 11 is 0. The molecule has 1 fully saturated rings. The summed E-state index contributed by atoms with van der Waals surface area (Å²) in [6, 6.07) is 4.40. The molecule has 1 aromatic heterocycles. The topological polar surface area (TPSA) is 124 Å². The lowest BCUT2D eigenvalue weighted by atomic mass is 10.2. The maximum atomic E-state index is 12.7. The van der Waals surface area contributed by atoms with Crippen LogP contribution < -0.4 is 14.4 Å². The molecular formula is C17H20N4O6S. The molecule has 1 atom stereocenters. The molecule has 1 saturated heterocycles. The molecule has 11 heteroatoms. The molecule has 0 spiro atoms. The minimum atomic E-state index is -3.76. The summed E-state index contributed by atoms with van der Waals surface area (Å²) in [4.78, 5) is 17.9. The monoisotopic (exact) mass is 408 g/mol. The minimum absolute atomic E-state index is 0.0387. The summed E-state index contributed by atoms with van der Waals surface area (Å²) in [5.74, 6) is 0.795. The van der Waals surface area contributed by atoms with Crippen LogP contribution in [0.1, 0.15) is 24.6 Å². The summed E-state index contributed by atoms with van der Waals surface area (Å²) in [6.07, 6.45) is 1.64. The highest BCUT2D eigenvalue weighted by Crippen LogP contribution is 2.35. The van der Waals surface area contributed by atoms with Gasteiger partial charge >= 0.3 is 0 Å². The van der Waals surface area contributed by atoms with E-state index in [1.165, 1.54) is 23.1 Å². The Kier molecular flexibility index (Phi) is 5.04. The van der Waals surface area contributed by atoms with E-state index in [4.69, 9.17) is 14.0 Å². The lowest BCUT2D eigenvalue weighted by molar-refractivity contribution is -0.121. The quantitative estimate of drug-likeness (QED) is 0.743. The first-order chi connectivity index (χ1) is 13.4. The number of ether oxygens (including phenoxy) is 2. The molecule has 2 aliphatic heterocycles. The first-order valence-corrected chi connectivity index (χ1v) is 10.4. The van der Waals surface area contributed by atoms with Crippen LogP contribution >= 0.6 is 0 Å². The molecule has 0 bridgehead atoms. The van der Waals surface area contributed by atoms with E-state index in [9.17, 15) is 13.2 Å². The highest BCUT2D eigenvalue weighted by molar-refractivity contribution is 7.89. The van der Waals surface area contributed by atoms with Gasteiger partial charge in [0, 0.05) is 20.1 Å². The molecule has 1 amide bonds. The van der Waals surface area contributed by atoms with Gasteiger partial charge in [-0.2, -0.15) is 4.98 Å². The van der Waals surface area contributed by atoms with Crippen molar-refractivity contribution in [1.82, 2.24) is 14.9 Å². The fraction of sp³-hybridized carbons (Fsp3) is 0.471. The molecule has 0 unspecified atom stereocenters. The zero-order valence-electron chi connectivity index (χ0n) is 15.3. The number of hydrogen-bond donors (Lipinski definition) is 1. The van der Waals surface area contributed by atoms with E-state index in [0.717, 1.165) is 12.8 Å². The zero-order valence-corrected chi connectivity index (χ0v) is 16.1. The second kappa shape index (κ2) is 7.49. The number of nitrogens with one attached hydrogen (secondary N) is 1. The maximum Gasteiger partial charge on any atom is 0.265 e. The number of aryl methyl sites for hydroxylation is 1. The van der Waals surface area contributed by atoms with Gasteiger partial charge in [-0.05, 0) is 31.0 Å². The van der Waals surface area contributed by atoms with Crippen molar-refractivity contribution in [2.24, 2.45) is 0 Å². The van der Waals surface area contributed by atoms with E-state index in [1.54, 1.807) is 6.92 Å². The van der Waals surface area contributed by atoms with E-state index < -0.39 is 10.0 Å². The number of rotatable bonds is 6. The van der Waals surface area contributed by atoms with E-state index in [2.05, 4.69) is 14.9 Å². The van der Waals surface area contributed by atoms with Crippen LogP contribution in [-0.2, 0) is 26.1 Å². The Labute approximate surface area is 161 Å². The Hall–Kier alpha value is -2.50. The van der Waals surface area contributed by atoms with E-state index in [1.807, 2.05) is 0 Å². The third-order valence-corrected chi connectivity index (χ3v) is 6.00. The zero-order chi connectivity index (χ0) is 19.7. The molecule has 1 N–H and O–H groups in total. The van der Waals surface area contributed by atoms with Gasteiger partial charge in [0.1, 0.15) is 5.75 Å². The highest BCUT2D eigenvalue weighted by Gasteiger charge is 2.29. The van der Waals surface area contributed by atoms with Gasteiger partial charge in [0.25, 0.3) is 5.91 Å². The van der Waals surface area contributed by atoms with Gasteiger partial charge < -0.3 is 14.0 Å². The normalized spacial score (nSPS) is 19.5. The first kappa shape index (κ1) is 18.8. The van der Waals surface area contributed by atoms with Crippen molar-refractivity contribution in [2.75, 3.05) is 24.7 Å². The lowest BCUT2D eigenvalue weighted by Crippen LogP contribution is -2.39. The molecule has 2 aromatic rings. The molecule has 2 aliphatic rings. The number of sulfonamides is 1. The third-order valence-electron chi connectivity index (χ3n) is 4.58. The lowest BCUT2D eigenvalue weighted by Gasteiger charge is -2.28. The largest absolute Gasteiger partial charge is 0.482 e. The Morgan fingerprint density at radius 3 is 2.93 bits per heavy atom. The van der Waals surface area contributed by atoms with Crippen molar-refractivity contribution in [3.63, 3.8) is 0 Å². The van der Waals surface area contributed by atoms with E-state index >= 15 is 0 Å². The highest BCUT2D eigenvalue weighted by atomic mass is 32.2. The smallest absolute Gasteiger partial charge is 0.265 e. The van der Waals surface area contributed by atoms with Crippen LogP contribution in [0.4, 0.5) is 5.69 Å². The van der Waals surface area contributed by atoms with Crippen LogP contribution in [-0.4, -0.2) is 50.3 Å². The number of fused-ring (bicyclic) bond motifs is 1. The number of amides is 1. The van der Waals surface area contributed by atoms with Crippen LogP contribution in [0.15, 0.2) is 27.6 Å². The molecule has 28 heavy (non-hydrogen) atoms. The Morgan fingerprint density at radius 1 is 1.36 bits per heavy atom. The van der Waals surface area contributed by atoms with Crippen LogP contribution in [0.3, 0.4) is 0 Å². The SMILES string of the molecule is Cc1nc(CN2C(=O)COc3ccc(S(=O)(=O)NC[C@@H]4CCCO4)cc32)no1. The van der Waals surface area contributed by atoms with Crippen molar-refractivity contribution >= 4 is 21.6 Å². The first-order valence-electron chi connectivity index (χ1n) is 8.90. The molecule has 3 heterocycles. The predicted octanol–water partition coefficient (Wildman–Crippen LogP) is 0.761. The second-order valence-electron chi connectivity index (χ2n) is 6.61. The van der Waals surface area contributed by atoms with Crippen LogP contribution in [0.25, 0.3) is 0 Å². The fourth-order valence-electron chi connectivity index (χ4n) is 3.16. The summed E-state index contributed by atoms with van der Waals surface area (Å²) in [7, 11) is -3.76. The van der Waals surface area contributed by atoms with Crippen molar-refractivity contribution in [3.8, 4) is 5.75 Å². The molecule has 1 aromatic carbocycles. The molecule has 0 aliphatic carbocycles. The summed E-state index contributed by atoms with van der Waals surface area (Å²) in [5, 5.41) is 3.80. The average Bonchev–Trinajstić information content (AvgIpc) is 3.34. The number of nitrogens with zero attached hydrogens (tertiary/aromatic N) is 3. The summed E-state index contributed by atoms with van der Waals surface area (Å²) < 4.78 is 43.7. The van der Waals surface area contributed by atoms with Gasteiger partial charge in [0.2, 0.25) is 15.9 Å². The number of anilines is 1. The summed E-state index contributed by atoms with van der Waals surface area (Å²) in [6.45, 7) is 2.42. The van der Waals surface area contributed by atoms with Crippen LogP contribution in [0.2, 0.25) is 0 Å². The van der Waals surface area contributed by atoms with Crippen molar-refractivity contribution < 1.29 is 27.2 Å². The standard InChI is InChI=1S/C17H20N4O6S/c1-11-19-16(20-27-11)9-21-14-7-13(4-5-15(14)26-10-17(21)22)28(23,24)18-8-12-3-2-6-25-12/h4-5,7,12,18H,2-3,6,8-10H2,1H3/t12-/m0/s1. The predicted molar refractivity (Wildman–Crippen MR) is 96.3 cm³/mol. The Morgan fingerprint density at radius 2 is 2.21 bits per heavy atom. The van der Waals surface area contributed by atoms with Crippen LogP contribution in [0, 0.1) is 6.92 Å². The van der Waals surface area contributed by atoms with Gasteiger partial charge in [-0.3, -0.25) is 9.69 Å². The number of benzene rings is 1. The third kappa shape index (κ3) is 3.86. The number of carbonyl (C=O) groups is 1. The molecule has 4 rings (SSSR count). The minimum Gasteiger partial charge on any atom is -0.482 e. The number of carbonyl (C=O) groups excluding carboxylic acids is 1. The van der Waals surface area contributed by atoms with Gasteiger partial charge in [-0.15, -0.1) is 0 Å². The van der Waals surface area contributed by atoms with Crippen molar-refractivity contribution in [1.29, 1.82) is 0 Å². The van der Waals surface area contributed by atoms with E-state index in [0.29, 0.717) is 29.8 Å². The Bertz CT molecular complexity index is 983. The molecule has 0 radical (unpaired) electrons. The van der Waals surface area contributed by atoms with Crippen LogP contribution in [0.5, 0.6) is 5.75 Å². The second-order valence-corrected chi connectivity index (χ2v) is 8.38. The van der Waals surface area contributed by atoms with Crippen molar-refractivity contribution in [3.05, 3.63) is 29.9 Å². The van der Waals surface area contributed by atoms with Gasteiger partial charge in [0.05, 0.1) is 23.2 Å². The van der Waals surface area contributed by atoms with Crippen molar-refractivity contribution in [2.45, 2.75) is 37.3 Å². The molecule has 10 nitrogen and oxygen atoms in total. The molecular weight excluding hydrogens is 388 g/mol. The maximum absolute atomic E-state index is 12.7. The molecule has 150 valence electrons. The average molecular weight is 408 g/mol. The fourth-order valence-corrected chi connectivity index (χ4v) is 4.25. The van der Waals surface area contributed by atoms with Gasteiger partial charge in [-0.1, -0.05) is 5.16 Å². The van der Waals surface area contributed by atoms with E-state index in [-0.39, 0.29) is 36.6 Å². The number of hydrogen-bond acceptors (Lipinski definition) is 8. The summed E-state index contributed by atoms with van der Waals surface area (Å²) in [5.41, 5.74) is 0.346.